The van der Waals surface area contributed by atoms with Gasteiger partial charge in [0.25, 0.3) is 0 Å². The average Bonchev–Trinajstić information content (AvgIpc) is 3.64. The summed E-state index contributed by atoms with van der Waals surface area (Å²) in [7, 11) is 1.84. The monoisotopic (exact) mass is 615 g/mol. The molecule has 1 amide bonds. The number of benzene rings is 3. The summed E-state index contributed by atoms with van der Waals surface area (Å²) in [5.74, 6) is 1.29. The van der Waals surface area contributed by atoms with Crippen molar-refractivity contribution in [1.29, 1.82) is 0 Å². The van der Waals surface area contributed by atoms with Gasteiger partial charge in [-0.1, -0.05) is 47.2 Å². The van der Waals surface area contributed by atoms with E-state index >= 15 is 0 Å². The minimum Gasteiger partial charge on any atom is -0.491 e. The smallest absolute Gasteiger partial charge is 0.235 e. The number of carbonyl (C=O) groups excluding carboxylic acids is 1. The van der Waals surface area contributed by atoms with Crippen LogP contribution in [0, 0.1) is 6.92 Å². The molecule has 5 aromatic rings. The van der Waals surface area contributed by atoms with Crippen molar-refractivity contribution in [3.8, 4) is 11.5 Å². The Morgan fingerprint density at radius 2 is 1.74 bits per heavy atom. The van der Waals surface area contributed by atoms with E-state index in [1.807, 2.05) is 50.4 Å². The minimum absolute atomic E-state index is 0.0299. The number of aliphatic hydroxyl groups is 1. The molecule has 5 rings (SSSR count). The molecule has 0 bridgehead atoms. The summed E-state index contributed by atoms with van der Waals surface area (Å²) in [5, 5.41) is 17.7. The SMILES string of the molecule is BN(C(=O)[C@H](Cc1ccc(OCCO)cc1)n1cc(COc2ccc3nc(S)sc3c2)nn1)[C@@H](C)Cc1ccc(C)cc1. The summed E-state index contributed by atoms with van der Waals surface area (Å²) in [6.45, 7) is 4.49. The molecule has 0 unspecified atom stereocenters. The molecular weight excluding hydrogens is 581 g/mol. The topological polar surface area (TPSA) is 103 Å². The van der Waals surface area contributed by atoms with Crippen molar-refractivity contribution in [2.45, 2.75) is 49.7 Å². The number of nitrogens with zero attached hydrogens (tertiary/aromatic N) is 5. The molecule has 222 valence electrons. The molecular formula is C31H34BN5O4S2. The molecule has 0 aliphatic rings. The Bertz CT molecular complexity index is 1660. The van der Waals surface area contributed by atoms with Crippen molar-refractivity contribution in [3.63, 3.8) is 0 Å². The Morgan fingerprint density at radius 3 is 2.49 bits per heavy atom. The third-order valence-corrected chi connectivity index (χ3v) is 8.47. The van der Waals surface area contributed by atoms with Crippen LogP contribution in [0.3, 0.4) is 0 Å². The summed E-state index contributed by atoms with van der Waals surface area (Å²) >= 11 is 5.82. The zero-order chi connectivity index (χ0) is 30.3. The van der Waals surface area contributed by atoms with E-state index in [0.29, 0.717) is 28.0 Å². The Morgan fingerprint density at radius 1 is 1.05 bits per heavy atom. The first kappa shape index (κ1) is 30.6. The quantitative estimate of drug-likeness (QED) is 0.151. The molecule has 43 heavy (non-hydrogen) atoms. The lowest BCUT2D eigenvalue weighted by molar-refractivity contribution is -0.131. The molecule has 0 aliphatic carbocycles. The van der Waals surface area contributed by atoms with Crippen molar-refractivity contribution >= 4 is 48.1 Å². The molecule has 12 heteroatoms. The number of thiazole rings is 1. The zero-order valence-electron chi connectivity index (χ0n) is 24.4. The number of amides is 1. The highest BCUT2D eigenvalue weighted by atomic mass is 32.2. The maximum atomic E-state index is 14.0. The second-order valence-corrected chi connectivity index (χ2v) is 12.3. The van der Waals surface area contributed by atoms with Crippen LogP contribution < -0.4 is 9.47 Å². The third-order valence-electron chi connectivity index (χ3n) is 7.27. The number of hydrogen-bond acceptors (Lipinski definition) is 9. The molecule has 0 saturated carbocycles. The van der Waals surface area contributed by atoms with E-state index in [0.717, 1.165) is 22.2 Å². The number of ether oxygens (including phenoxy) is 2. The number of aryl methyl sites for hydroxylation is 1. The lowest BCUT2D eigenvalue weighted by atomic mass is 9.99. The third kappa shape index (κ3) is 7.95. The van der Waals surface area contributed by atoms with Gasteiger partial charge in [0.2, 0.25) is 13.9 Å². The molecule has 9 nitrogen and oxygen atoms in total. The van der Waals surface area contributed by atoms with Crippen molar-refractivity contribution in [2.75, 3.05) is 13.2 Å². The Hall–Kier alpha value is -3.87. The van der Waals surface area contributed by atoms with Crippen molar-refractivity contribution in [2.24, 2.45) is 0 Å². The Balaban J connectivity index is 1.32. The largest absolute Gasteiger partial charge is 0.491 e. The van der Waals surface area contributed by atoms with Gasteiger partial charge in [-0.3, -0.25) is 4.79 Å². The lowest BCUT2D eigenvalue weighted by Gasteiger charge is -2.30. The molecule has 2 atom stereocenters. The van der Waals surface area contributed by atoms with E-state index in [1.165, 1.54) is 22.5 Å². The van der Waals surface area contributed by atoms with Gasteiger partial charge in [-0.15, -0.1) is 29.1 Å². The average molecular weight is 616 g/mol. The van der Waals surface area contributed by atoms with Gasteiger partial charge in [-0.25, -0.2) is 9.67 Å². The minimum atomic E-state index is -0.613. The summed E-state index contributed by atoms with van der Waals surface area (Å²) < 4.78 is 14.8. The van der Waals surface area contributed by atoms with Gasteiger partial charge < -0.3 is 19.4 Å². The standard InChI is InChI=1S/C31H34BN5O4S2/c1-20-3-5-22(6-4-20)15-21(2)37(32)30(39)28(16-23-7-9-25(10-8-23)40-14-13-38)36-18-24(34-35-36)19-41-26-11-12-27-29(17-26)43-31(42)33-27/h3-12,17-18,21,28,38H,13-16,19,32H2,1-2H3,(H,33,42)/t21-,28-/m0/s1. The van der Waals surface area contributed by atoms with Gasteiger partial charge in [0.05, 0.1) is 23.0 Å². The number of carbonyl (C=O) groups is 1. The van der Waals surface area contributed by atoms with E-state index in [9.17, 15) is 4.79 Å². The molecule has 0 fully saturated rings. The van der Waals surface area contributed by atoms with Crippen molar-refractivity contribution < 1.29 is 19.4 Å². The van der Waals surface area contributed by atoms with Gasteiger partial charge in [-0.2, -0.15) is 0 Å². The Kier molecular flexibility index (Phi) is 10.0. The zero-order valence-corrected chi connectivity index (χ0v) is 26.1. The van der Waals surface area contributed by atoms with Gasteiger partial charge in [0.15, 0.2) is 0 Å². The maximum Gasteiger partial charge on any atom is 0.235 e. The fraction of sp³-hybridized carbons (Fsp3) is 0.290. The molecule has 0 radical (unpaired) electrons. The van der Waals surface area contributed by atoms with Gasteiger partial charge in [-0.05, 0) is 61.7 Å². The lowest BCUT2D eigenvalue weighted by Crippen LogP contribution is -2.43. The van der Waals surface area contributed by atoms with Crippen LogP contribution in [0.25, 0.3) is 10.2 Å². The first-order valence-corrected chi connectivity index (χ1v) is 15.3. The summed E-state index contributed by atoms with van der Waals surface area (Å²) in [6, 6.07) is 21.0. The molecule has 0 saturated heterocycles. The number of aromatic nitrogens is 4. The summed E-state index contributed by atoms with van der Waals surface area (Å²) in [4.78, 5) is 20.2. The fourth-order valence-corrected chi connectivity index (χ4v) is 5.87. The van der Waals surface area contributed by atoms with Crippen LogP contribution in [0.5, 0.6) is 11.5 Å². The number of rotatable bonds is 13. The van der Waals surface area contributed by atoms with Gasteiger partial charge in [0.1, 0.15) is 40.8 Å². The molecule has 0 aliphatic heterocycles. The predicted molar refractivity (Wildman–Crippen MR) is 173 cm³/mol. The van der Waals surface area contributed by atoms with E-state index < -0.39 is 6.04 Å². The van der Waals surface area contributed by atoms with Crippen LogP contribution in [0.1, 0.15) is 35.3 Å². The van der Waals surface area contributed by atoms with Crippen LogP contribution in [0.15, 0.2) is 77.3 Å². The molecule has 3 aromatic carbocycles. The van der Waals surface area contributed by atoms with Crippen LogP contribution >= 0.6 is 24.0 Å². The molecule has 2 heterocycles. The van der Waals surface area contributed by atoms with E-state index in [4.69, 9.17) is 14.6 Å². The van der Waals surface area contributed by atoms with E-state index in [-0.39, 0.29) is 31.8 Å². The van der Waals surface area contributed by atoms with Crippen LogP contribution in [-0.2, 0) is 24.2 Å². The van der Waals surface area contributed by atoms with E-state index in [2.05, 4.69) is 66.0 Å². The van der Waals surface area contributed by atoms with Crippen LogP contribution in [0.2, 0.25) is 0 Å². The Labute approximate surface area is 261 Å². The van der Waals surface area contributed by atoms with Crippen LogP contribution in [0.4, 0.5) is 0 Å². The highest BCUT2D eigenvalue weighted by molar-refractivity contribution is 7.82. The normalized spacial score (nSPS) is 12.7. The van der Waals surface area contributed by atoms with Crippen molar-refractivity contribution in [3.05, 3.63) is 95.3 Å². The summed E-state index contributed by atoms with van der Waals surface area (Å²) in [5.41, 5.74) is 4.82. The second-order valence-electron chi connectivity index (χ2n) is 10.5. The fourth-order valence-electron chi connectivity index (χ4n) is 4.73. The number of fused-ring (bicyclic) bond motifs is 1. The number of aliphatic hydroxyl groups excluding tert-OH is 1. The maximum absolute atomic E-state index is 14.0. The van der Waals surface area contributed by atoms with E-state index in [1.54, 1.807) is 15.7 Å². The van der Waals surface area contributed by atoms with Gasteiger partial charge >= 0.3 is 0 Å². The van der Waals surface area contributed by atoms with Crippen molar-refractivity contribution in [1.82, 2.24) is 24.8 Å². The van der Waals surface area contributed by atoms with Crippen LogP contribution in [-0.4, -0.2) is 63.0 Å². The number of hydrogen-bond donors (Lipinski definition) is 2. The predicted octanol–water partition coefficient (Wildman–Crippen LogP) is 4.23. The molecule has 0 spiro atoms. The number of thiol groups is 1. The molecule has 2 aromatic heterocycles. The highest BCUT2D eigenvalue weighted by Crippen LogP contribution is 2.28. The first-order chi connectivity index (χ1) is 20.8. The second kappa shape index (κ2) is 14.1. The highest BCUT2D eigenvalue weighted by Gasteiger charge is 2.28. The van der Waals surface area contributed by atoms with Gasteiger partial charge in [0, 0.05) is 12.5 Å². The summed E-state index contributed by atoms with van der Waals surface area (Å²) in [6.07, 6.45) is 2.93. The molecule has 1 N–H and O–H groups in total. The first-order valence-electron chi connectivity index (χ1n) is 14.1.